The number of aliphatic hydroxyl groups is 1. The highest BCUT2D eigenvalue weighted by atomic mass is 19.1. The monoisotopic (exact) mass is 368 g/mol. The molecular weight excluding hydrogens is 347 g/mol. The van der Waals surface area contributed by atoms with Gasteiger partial charge in [-0.2, -0.15) is 5.10 Å². The molecule has 0 bridgehead atoms. The van der Waals surface area contributed by atoms with Crippen molar-refractivity contribution in [1.82, 2.24) is 19.6 Å². The zero-order chi connectivity index (χ0) is 18.4. The fraction of sp³-hybridized carbons (Fsp3) is 0.421. The lowest BCUT2D eigenvalue weighted by molar-refractivity contribution is 0.198. The topological polar surface area (TPSA) is 69.8 Å². The number of halogens is 1. The standard InChI is InChI=1S/C19H21FN6O/c20-14-8-13(9-21-10-14)16-2-1-5-25(16)18-4-7-26-19(23-18)17(11-22-26)24-6-3-15(27)12-24/h4,7-11,15-16,27H,1-3,5-6,12H2/t15-,16-/m1/s1. The Balaban J connectivity index is 1.51. The van der Waals surface area contributed by atoms with E-state index in [1.54, 1.807) is 16.8 Å². The van der Waals surface area contributed by atoms with Gasteiger partial charge in [0, 0.05) is 32.0 Å². The first-order valence-corrected chi connectivity index (χ1v) is 9.33. The first kappa shape index (κ1) is 16.4. The van der Waals surface area contributed by atoms with Gasteiger partial charge in [-0.3, -0.25) is 4.98 Å². The quantitative estimate of drug-likeness (QED) is 0.764. The molecule has 5 rings (SSSR count). The molecule has 7 nitrogen and oxygen atoms in total. The molecule has 0 saturated carbocycles. The summed E-state index contributed by atoms with van der Waals surface area (Å²) in [4.78, 5) is 13.2. The molecule has 5 heterocycles. The van der Waals surface area contributed by atoms with E-state index in [2.05, 4.69) is 19.9 Å². The van der Waals surface area contributed by atoms with Gasteiger partial charge >= 0.3 is 0 Å². The molecule has 8 heteroatoms. The molecule has 140 valence electrons. The van der Waals surface area contributed by atoms with Crippen molar-refractivity contribution in [3.8, 4) is 0 Å². The zero-order valence-corrected chi connectivity index (χ0v) is 14.9. The minimum absolute atomic E-state index is 0.0723. The summed E-state index contributed by atoms with van der Waals surface area (Å²) in [6.45, 7) is 2.28. The van der Waals surface area contributed by atoms with Crippen LogP contribution in [0.2, 0.25) is 0 Å². The molecule has 2 aliphatic heterocycles. The van der Waals surface area contributed by atoms with Crippen molar-refractivity contribution in [1.29, 1.82) is 0 Å². The molecule has 0 spiro atoms. The first-order chi connectivity index (χ1) is 13.2. The van der Waals surface area contributed by atoms with E-state index < -0.39 is 0 Å². The average molecular weight is 368 g/mol. The number of aliphatic hydroxyl groups excluding tert-OH is 1. The molecule has 27 heavy (non-hydrogen) atoms. The summed E-state index contributed by atoms with van der Waals surface area (Å²) in [5, 5.41) is 14.2. The fourth-order valence-corrected chi connectivity index (χ4v) is 4.19. The maximum absolute atomic E-state index is 13.6. The lowest BCUT2D eigenvalue weighted by Gasteiger charge is -2.26. The highest BCUT2D eigenvalue weighted by Gasteiger charge is 2.29. The summed E-state index contributed by atoms with van der Waals surface area (Å²) in [6, 6.07) is 3.58. The number of β-amino-alcohol motifs (C(OH)–C–C–N with tert-alkyl or cyclic N) is 1. The first-order valence-electron chi connectivity index (χ1n) is 9.33. The zero-order valence-electron chi connectivity index (χ0n) is 14.9. The second-order valence-corrected chi connectivity index (χ2v) is 7.26. The molecule has 0 amide bonds. The predicted molar refractivity (Wildman–Crippen MR) is 99.3 cm³/mol. The van der Waals surface area contributed by atoms with Crippen LogP contribution in [0.5, 0.6) is 0 Å². The molecule has 3 aromatic rings. The molecule has 0 aromatic carbocycles. The second-order valence-electron chi connectivity index (χ2n) is 7.26. The minimum Gasteiger partial charge on any atom is -0.391 e. The molecule has 0 aliphatic carbocycles. The van der Waals surface area contributed by atoms with Crippen molar-refractivity contribution in [3.63, 3.8) is 0 Å². The molecule has 3 aromatic heterocycles. The van der Waals surface area contributed by atoms with E-state index >= 15 is 0 Å². The molecule has 1 N–H and O–H groups in total. The molecule has 2 atom stereocenters. The number of fused-ring (bicyclic) bond motifs is 1. The van der Waals surface area contributed by atoms with Crippen molar-refractivity contribution in [2.75, 3.05) is 29.4 Å². The van der Waals surface area contributed by atoms with E-state index in [4.69, 9.17) is 4.98 Å². The summed E-state index contributed by atoms with van der Waals surface area (Å²) in [5.74, 6) is 0.546. The number of hydrogen-bond donors (Lipinski definition) is 1. The third-order valence-electron chi connectivity index (χ3n) is 5.50. The maximum Gasteiger partial charge on any atom is 0.180 e. The Hall–Kier alpha value is -2.74. The maximum atomic E-state index is 13.6. The van der Waals surface area contributed by atoms with Crippen LogP contribution in [-0.4, -0.2) is 50.4 Å². The molecule has 2 fully saturated rings. The number of hydrogen-bond acceptors (Lipinski definition) is 6. The lowest BCUT2D eigenvalue weighted by Crippen LogP contribution is -2.24. The van der Waals surface area contributed by atoms with Crippen LogP contribution in [0.3, 0.4) is 0 Å². The van der Waals surface area contributed by atoms with Crippen LogP contribution in [0.4, 0.5) is 15.9 Å². The third-order valence-corrected chi connectivity index (χ3v) is 5.50. The van der Waals surface area contributed by atoms with Gasteiger partial charge in [0.2, 0.25) is 0 Å². The van der Waals surface area contributed by atoms with E-state index in [0.717, 1.165) is 55.1 Å². The molecular formula is C19H21FN6O. The van der Waals surface area contributed by atoms with E-state index in [-0.39, 0.29) is 18.0 Å². The number of aromatic nitrogens is 4. The highest BCUT2D eigenvalue weighted by Crippen LogP contribution is 2.36. The molecule has 2 saturated heterocycles. The van der Waals surface area contributed by atoms with Crippen LogP contribution in [0.15, 0.2) is 36.9 Å². The van der Waals surface area contributed by atoms with Gasteiger partial charge in [-0.15, -0.1) is 0 Å². The van der Waals surface area contributed by atoms with Crippen LogP contribution in [0.1, 0.15) is 30.9 Å². The van der Waals surface area contributed by atoms with Gasteiger partial charge in [0.05, 0.1) is 24.5 Å². The van der Waals surface area contributed by atoms with Gasteiger partial charge in [0.15, 0.2) is 5.65 Å². The summed E-state index contributed by atoms with van der Waals surface area (Å²) in [5.41, 5.74) is 2.60. The molecule has 0 unspecified atom stereocenters. The number of anilines is 2. The van der Waals surface area contributed by atoms with Gasteiger partial charge in [-0.05, 0) is 37.0 Å². The van der Waals surface area contributed by atoms with Crippen LogP contribution in [-0.2, 0) is 0 Å². The fourth-order valence-electron chi connectivity index (χ4n) is 4.19. The number of rotatable bonds is 3. The Kier molecular flexibility index (Phi) is 3.93. The van der Waals surface area contributed by atoms with Crippen LogP contribution in [0.25, 0.3) is 5.65 Å². The Morgan fingerprint density at radius 3 is 2.89 bits per heavy atom. The van der Waals surface area contributed by atoms with Gasteiger partial charge in [-0.1, -0.05) is 0 Å². The number of nitrogens with zero attached hydrogens (tertiary/aromatic N) is 6. The Morgan fingerprint density at radius 2 is 2.07 bits per heavy atom. The number of pyridine rings is 1. The van der Waals surface area contributed by atoms with Gasteiger partial charge in [0.25, 0.3) is 0 Å². The third kappa shape index (κ3) is 2.90. The van der Waals surface area contributed by atoms with Crippen molar-refractivity contribution in [2.45, 2.75) is 31.4 Å². The predicted octanol–water partition coefficient (Wildman–Crippen LogP) is 2.18. The Morgan fingerprint density at radius 1 is 1.15 bits per heavy atom. The van der Waals surface area contributed by atoms with Crippen molar-refractivity contribution in [2.24, 2.45) is 0 Å². The summed E-state index contributed by atoms with van der Waals surface area (Å²) in [7, 11) is 0. The smallest absolute Gasteiger partial charge is 0.180 e. The summed E-state index contributed by atoms with van der Waals surface area (Å²) < 4.78 is 15.4. The van der Waals surface area contributed by atoms with E-state index in [1.807, 2.05) is 18.5 Å². The van der Waals surface area contributed by atoms with Gasteiger partial charge in [-0.25, -0.2) is 13.9 Å². The highest BCUT2D eigenvalue weighted by molar-refractivity contribution is 5.70. The SMILES string of the molecule is O[C@@H]1CCN(c2cnn3ccc(N4CCC[C@@H]4c4cncc(F)c4)nc23)C1. The van der Waals surface area contributed by atoms with Crippen LogP contribution in [0, 0.1) is 5.82 Å². The minimum atomic E-state index is -0.312. The average Bonchev–Trinajstić information content (AvgIpc) is 3.40. The Bertz CT molecular complexity index is 976. The lowest BCUT2D eigenvalue weighted by atomic mass is 10.1. The van der Waals surface area contributed by atoms with Crippen LogP contribution >= 0.6 is 0 Å². The van der Waals surface area contributed by atoms with Gasteiger partial charge < -0.3 is 14.9 Å². The van der Waals surface area contributed by atoms with Crippen molar-refractivity contribution in [3.05, 3.63) is 48.3 Å². The van der Waals surface area contributed by atoms with Crippen molar-refractivity contribution >= 4 is 17.2 Å². The Labute approximate surface area is 156 Å². The van der Waals surface area contributed by atoms with E-state index in [0.29, 0.717) is 6.54 Å². The summed E-state index contributed by atoms with van der Waals surface area (Å²) in [6.07, 6.45) is 9.12. The second kappa shape index (κ2) is 6.45. The largest absolute Gasteiger partial charge is 0.391 e. The van der Waals surface area contributed by atoms with E-state index in [1.165, 1.54) is 6.20 Å². The normalized spacial score (nSPS) is 22.9. The van der Waals surface area contributed by atoms with E-state index in [9.17, 15) is 9.50 Å². The van der Waals surface area contributed by atoms with Crippen LogP contribution < -0.4 is 9.80 Å². The molecule has 2 aliphatic rings. The molecule has 0 radical (unpaired) electrons. The van der Waals surface area contributed by atoms with Gasteiger partial charge in [0.1, 0.15) is 17.3 Å². The summed E-state index contributed by atoms with van der Waals surface area (Å²) >= 11 is 0. The van der Waals surface area contributed by atoms with Crippen molar-refractivity contribution < 1.29 is 9.50 Å².